The Hall–Kier alpha value is -1.81. The van der Waals surface area contributed by atoms with Gasteiger partial charge in [0.15, 0.2) is 11.5 Å². The quantitative estimate of drug-likeness (QED) is 0.0598. The van der Waals surface area contributed by atoms with Crippen LogP contribution in [0.2, 0.25) is 0 Å². The van der Waals surface area contributed by atoms with E-state index in [1.54, 1.807) is 0 Å². The molecular formula is C37H62IN5O2. The third-order valence-electron chi connectivity index (χ3n) is 9.46. The van der Waals surface area contributed by atoms with Crippen molar-refractivity contribution in [2.75, 3.05) is 27.2 Å². The summed E-state index contributed by atoms with van der Waals surface area (Å²) < 4.78 is 4.23. The van der Waals surface area contributed by atoms with E-state index in [9.17, 15) is 9.59 Å². The molecule has 2 aliphatic heterocycles. The van der Waals surface area contributed by atoms with Crippen molar-refractivity contribution >= 4 is 11.0 Å². The second-order valence-electron chi connectivity index (χ2n) is 13.9. The summed E-state index contributed by atoms with van der Waals surface area (Å²) in [7, 11) is 4.52. The Morgan fingerprint density at radius 1 is 0.622 bits per heavy atom. The lowest BCUT2D eigenvalue weighted by molar-refractivity contribution is -0.890. The van der Waals surface area contributed by atoms with E-state index in [0.717, 1.165) is 59.0 Å². The Morgan fingerprint density at radius 2 is 1.11 bits per heavy atom. The van der Waals surface area contributed by atoms with Crippen molar-refractivity contribution in [3.63, 3.8) is 0 Å². The molecule has 0 spiro atoms. The largest absolute Gasteiger partial charge is 1.00 e. The molecule has 1 aromatic rings. The van der Waals surface area contributed by atoms with Crippen LogP contribution in [0.1, 0.15) is 134 Å². The van der Waals surface area contributed by atoms with Crippen LogP contribution in [0.5, 0.6) is 0 Å². The number of quaternary nitrogens is 1. The smallest absolute Gasteiger partial charge is 0.352 e. The third-order valence-corrected chi connectivity index (χ3v) is 9.46. The molecule has 3 rings (SSSR count). The minimum absolute atomic E-state index is 0. The highest BCUT2D eigenvalue weighted by Crippen LogP contribution is 2.24. The van der Waals surface area contributed by atoms with Gasteiger partial charge in [0.25, 0.3) is 5.56 Å². The first-order valence-electron chi connectivity index (χ1n) is 17.9. The van der Waals surface area contributed by atoms with E-state index < -0.39 is 5.69 Å². The van der Waals surface area contributed by atoms with E-state index >= 15 is 0 Å². The van der Waals surface area contributed by atoms with Gasteiger partial charge in [0.2, 0.25) is 0 Å². The normalized spacial score (nSPS) is 11.9. The highest BCUT2D eigenvalue weighted by molar-refractivity contribution is 5.81. The number of nitrogens with zero attached hydrogens (tertiary/aromatic N) is 5. The lowest BCUT2D eigenvalue weighted by atomic mass is 10.0. The summed E-state index contributed by atoms with van der Waals surface area (Å²) in [5, 5.41) is 0. The molecule has 0 atom stereocenters. The molecule has 0 aliphatic carbocycles. The Morgan fingerprint density at radius 3 is 1.69 bits per heavy atom. The fourth-order valence-electron chi connectivity index (χ4n) is 6.37. The molecule has 0 unspecified atom stereocenters. The second-order valence-corrected chi connectivity index (χ2v) is 13.9. The molecule has 0 saturated heterocycles. The maximum Gasteiger partial charge on any atom is 0.352 e. The SMILES string of the molecule is CCCCCCCCCCCCCCCC[N+](C)(C)CCCn1c(=O)nc2n(CCCC)c3cc(C)c(C)cc3nc-2c1=O.[I-]. The van der Waals surface area contributed by atoms with Gasteiger partial charge in [0.05, 0.1) is 38.2 Å². The van der Waals surface area contributed by atoms with E-state index in [-0.39, 0.29) is 29.5 Å². The van der Waals surface area contributed by atoms with E-state index in [2.05, 4.69) is 52.8 Å². The average molecular weight is 736 g/mol. The summed E-state index contributed by atoms with van der Waals surface area (Å²) in [6.45, 7) is 11.7. The van der Waals surface area contributed by atoms with Crippen molar-refractivity contribution in [3.8, 4) is 11.5 Å². The zero-order valence-corrected chi connectivity index (χ0v) is 31.6. The molecule has 1 aromatic carbocycles. The monoisotopic (exact) mass is 735 g/mol. The summed E-state index contributed by atoms with van der Waals surface area (Å²) in [5.74, 6) is 0.411. The highest BCUT2D eigenvalue weighted by Gasteiger charge is 2.22. The molecule has 0 radical (unpaired) electrons. The van der Waals surface area contributed by atoms with Crippen molar-refractivity contribution in [1.29, 1.82) is 0 Å². The molecule has 254 valence electrons. The first-order chi connectivity index (χ1) is 21.2. The maximum absolute atomic E-state index is 13.6. The molecule has 0 bridgehead atoms. The van der Waals surface area contributed by atoms with Crippen LogP contribution in [0.25, 0.3) is 22.6 Å². The van der Waals surface area contributed by atoms with Crippen LogP contribution in [0.15, 0.2) is 21.7 Å². The molecule has 2 aliphatic rings. The number of unbranched alkanes of at least 4 members (excludes halogenated alkanes) is 14. The summed E-state index contributed by atoms with van der Waals surface area (Å²) in [6.07, 6.45) is 21.9. The van der Waals surface area contributed by atoms with Gasteiger partial charge in [-0.15, -0.1) is 0 Å². The second kappa shape index (κ2) is 20.4. The number of fused-ring (bicyclic) bond motifs is 2. The zero-order valence-electron chi connectivity index (χ0n) is 29.4. The number of rotatable bonds is 22. The topological polar surface area (TPSA) is 69.8 Å². The Bertz CT molecular complexity index is 1380. The number of aryl methyl sites for hydroxylation is 3. The zero-order chi connectivity index (χ0) is 32.0. The van der Waals surface area contributed by atoms with Crippen LogP contribution in [-0.4, -0.2) is 50.8 Å². The van der Waals surface area contributed by atoms with E-state index in [4.69, 9.17) is 4.98 Å². The number of benzene rings is 1. The van der Waals surface area contributed by atoms with Gasteiger partial charge in [-0.3, -0.25) is 9.36 Å². The van der Waals surface area contributed by atoms with Crippen LogP contribution in [0, 0.1) is 13.8 Å². The van der Waals surface area contributed by atoms with Crippen molar-refractivity contribution in [3.05, 3.63) is 44.1 Å². The molecule has 0 fully saturated rings. The fraction of sp³-hybridized carbons (Fsp3) is 0.730. The first-order valence-corrected chi connectivity index (χ1v) is 17.9. The standard InChI is InChI=1S/C37H62N5O2.HI/c1-7-9-11-12-13-14-15-16-17-18-19-20-21-22-26-42(5,6)27-23-25-41-36(43)34-35(39-37(41)44)40(24-10-8-2)33-29-31(4)30(3)28-32(33)38-34;/h28-29H,7-27H2,1-6H3;1H/q+1;/p-1. The molecule has 0 amide bonds. The number of hydrogen-bond donors (Lipinski definition) is 0. The summed E-state index contributed by atoms with van der Waals surface area (Å²) in [6, 6.07) is 4.14. The minimum atomic E-state index is -0.463. The van der Waals surface area contributed by atoms with Gasteiger partial charge in [-0.25, -0.2) is 9.78 Å². The molecular weight excluding hydrogens is 673 g/mol. The predicted molar refractivity (Wildman–Crippen MR) is 186 cm³/mol. The third kappa shape index (κ3) is 12.4. The molecule has 2 heterocycles. The first kappa shape index (κ1) is 39.4. The van der Waals surface area contributed by atoms with Crippen molar-refractivity contribution in [2.24, 2.45) is 0 Å². The van der Waals surface area contributed by atoms with Crippen molar-refractivity contribution in [1.82, 2.24) is 19.1 Å². The summed E-state index contributed by atoms with van der Waals surface area (Å²) >= 11 is 0. The van der Waals surface area contributed by atoms with Crippen LogP contribution < -0.4 is 35.2 Å². The predicted octanol–water partition coefficient (Wildman–Crippen LogP) is 5.43. The van der Waals surface area contributed by atoms with Gasteiger partial charge in [0, 0.05) is 19.5 Å². The Labute approximate surface area is 290 Å². The van der Waals surface area contributed by atoms with Gasteiger partial charge in [-0.2, -0.15) is 4.98 Å². The van der Waals surface area contributed by atoms with Crippen LogP contribution in [0.4, 0.5) is 0 Å². The molecule has 0 saturated carbocycles. The minimum Gasteiger partial charge on any atom is -1.00 e. The number of halogens is 1. The molecule has 0 N–H and O–H groups in total. The fourth-order valence-corrected chi connectivity index (χ4v) is 6.37. The van der Waals surface area contributed by atoms with Gasteiger partial charge < -0.3 is 33.0 Å². The van der Waals surface area contributed by atoms with E-state index in [1.165, 1.54) is 94.5 Å². The Kier molecular flexibility index (Phi) is 17.9. The van der Waals surface area contributed by atoms with Crippen LogP contribution >= 0.6 is 0 Å². The van der Waals surface area contributed by atoms with Gasteiger partial charge >= 0.3 is 5.69 Å². The lowest BCUT2D eigenvalue weighted by Gasteiger charge is -2.30. The van der Waals surface area contributed by atoms with Gasteiger partial charge in [-0.05, 0) is 56.4 Å². The van der Waals surface area contributed by atoms with Crippen molar-refractivity contribution in [2.45, 2.75) is 150 Å². The highest BCUT2D eigenvalue weighted by atomic mass is 127. The van der Waals surface area contributed by atoms with Crippen molar-refractivity contribution < 1.29 is 28.5 Å². The molecule has 45 heavy (non-hydrogen) atoms. The summed E-state index contributed by atoms with van der Waals surface area (Å²) in [5.41, 5.74) is 3.53. The number of hydrogen-bond acceptors (Lipinski definition) is 4. The molecule has 0 aromatic heterocycles. The Balaban J connectivity index is 0.00000705. The van der Waals surface area contributed by atoms with Gasteiger partial charge in [0.1, 0.15) is 0 Å². The van der Waals surface area contributed by atoms with E-state index in [1.807, 2.05) is 10.6 Å². The molecule has 8 heteroatoms. The molecule has 7 nitrogen and oxygen atoms in total. The summed E-state index contributed by atoms with van der Waals surface area (Å²) in [4.78, 5) is 35.9. The van der Waals surface area contributed by atoms with Crippen LogP contribution in [0.3, 0.4) is 0 Å². The van der Waals surface area contributed by atoms with E-state index in [0.29, 0.717) is 24.6 Å². The average Bonchev–Trinajstić information content (AvgIpc) is 2.98. The van der Waals surface area contributed by atoms with Crippen LogP contribution in [-0.2, 0) is 13.1 Å². The number of aromatic nitrogens is 4. The maximum atomic E-state index is 13.6. The lowest BCUT2D eigenvalue weighted by Crippen LogP contribution is -3.00. The van der Waals surface area contributed by atoms with Gasteiger partial charge in [-0.1, -0.05) is 97.3 Å².